The lowest BCUT2D eigenvalue weighted by Crippen LogP contribution is -2.32. The Morgan fingerprint density at radius 2 is 2.25 bits per heavy atom. The molecule has 0 saturated carbocycles. The van der Waals surface area contributed by atoms with Crippen molar-refractivity contribution in [1.82, 2.24) is 0 Å². The number of benzene rings is 1. The SMILES string of the molecule is O=C(CCCC1CCCO1)C1CSc2ccccc2O1. The number of carbonyl (C=O) groups is 1. The highest BCUT2D eigenvalue weighted by molar-refractivity contribution is 7.99. The summed E-state index contributed by atoms with van der Waals surface area (Å²) in [5.74, 6) is 1.81. The molecule has 2 aliphatic rings. The van der Waals surface area contributed by atoms with Crippen LogP contribution in [0.2, 0.25) is 0 Å². The van der Waals surface area contributed by atoms with E-state index in [2.05, 4.69) is 0 Å². The van der Waals surface area contributed by atoms with Crippen LogP contribution < -0.4 is 4.74 Å². The summed E-state index contributed by atoms with van der Waals surface area (Å²) in [6, 6.07) is 7.93. The van der Waals surface area contributed by atoms with Gasteiger partial charge < -0.3 is 9.47 Å². The van der Waals surface area contributed by atoms with Crippen LogP contribution in [0.1, 0.15) is 32.1 Å². The van der Waals surface area contributed by atoms with Crippen molar-refractivity contribution >= 4 is 17.5 Å². The molecule has 0 aliphatic carbocycles. The van der Waals surface area contributed by atoms with Gasteiger partial charge in [0.1, 0.15) is 5.75 Å². The Morgan fingerprint density at radius 1 is 1.35 bits per heavy atom. The molecule has 2 atom stereocenters. The van der Waals surface area contributed by atoms with Crippen LogP contribution in [0.15, 0.2) is 29.2 Å². The number of carbonyl (C=O) groups excluding carboxylic acids is 1. The second-order valence-corrected chi connectivity index (χ2v) is 6.42. The number of hydrogen-bond acceptors (Lipinski definition) is 4. The summed E-state index contributed by atoms with van der Waals surface area (Å²) in [6.45, 7) is 0.887. The third-order valence-corrected chi connectivity index (χ3v) is 4.96. The normalized spacial score (nSPS) is 25.0. The van der Waals surface area contributed by atoms with E-state index in [-0.39, 0.29) is 11.9 Å². The summed E-state index contributed by atoms with van der Waals surface area (Å²) >= 11 is 1.71. The van der Waals surface area contributed by atoms with Crippen LogP contribution >= 0.6 is 11.8 Å². The van der Waals surface area contributed by atoms with Crippen molar-refractivity contribution in [3.63, 3.8) is 0 Å². The molecule has 3 rings (SSSR count). The second kappa shape index (κ2) is 6.64. The van der Waals surface area contributed by atoms with E-state index in [4.69, 9.17) is 9.47 Å². The van der Waals surface area contributed by atoms with E-state index in [1.165, 1.54) is 0 Å². The maximum atomic E-state index is 12.2. The summed E-state index contributed by atoms with van der Waals surface area (Å²) in [4.78, 5) is 13.3. The molecule has 0 amide bonds. The largest absolute Gasteiger partial charge is 0.481 e. The lowest BCUT2D eigenvalue weighted by Gasteiger charge is -2.24. The number of ketones is 1. The summed E-state index contributed by atoms with van der Waals surface area (Å²) in [5, 5.41) is 0. The molecule has 108 valence electrons. The maximum Gasteiger partial charge on any atom is 0.174 e. The molecule has 1 saturated heterocycles. The quantitative estimate of drug-likeness (QED) is 0.832. The van der Waals surface area contributed by atoms with E-state index in [9.17, 15) is 4.79 Å². The van der Waals surface area contributed by atoms with E-state index in [1.54, 1.807) is 11.8 Å². The molecular weight excluding hydrogens is 272 g/mol. The molecule has 0 bridgehead atoms. The third-order valence-electron chi connectivity index (χ3n) is 3.84. The minimum atomic E-state index is -0.278. The monoisotopic (exact) mass is 292 g/mol. The molecule has 2 unspecified atom stereocenters. The highest BCUT2D eigenvalue weighted by atomic mass is 32.2. The van der Waals surface area contributed by atoms with E-state index >= 15 is 0 Å². The van der Waals surface area contributed by atoms with Crippen LogP contribution in [0.3, 0.4) is 0 Å². The van der Waals surface area contributed by atoms with E-state index in [0.717, 1.165) is 48.7 Å². The number of hydrogen-bond donors (Lipinski definition) is 0. The third kappa shape index (κ3) is 3.36. The van der Waals surface area contributed by atoms with Gasteiger partial charge in [-0.15, -0.1) is 11.8 Å². The first kappa shape index (κ1) is 14.0. The fourth-order valence-electron chi connectivity index (χ4n) is 2.72. The molecule has 0 N–H and O–H groups in total. The maximum absolute atomic E-state index is 12.2. The predicted molar refractivity (Wildman–Crippen MR) is 79.4 cm³/mol. The van der Waals surface area contributed by atoms with Crippen LogP contribution in [-0.2, 0) is 9.53 Å². The van der Waals surface area contributed by atoms with Gasteiger partial charge in [0.15, 0.2) is 11.9 Å². The molecule has 1 aromatic rings. The Bertz CT molecular complexity index is 469. The van der Waals surface area contributed by atoms with Crippen LogP contribution in [-0.4, -0.2) is 30.4 Å². The average Bonchev–Trinajstić information content (AvgIpc) is 3.00. The molecule has 4 heteroatoms. The fraction of sp³-hybridized carbons (Fsp3) is 0.562. The lowest BCUT2D eigenvalue weighted by molar-refractivity contribution is -0.125. The summed E-state index contributed by atoms with van der Waals surface area (Å²) < 4.78 is 11.4. The van der Waals surface area contributed by atoms with Gasteiger partial charge in [0.2, 0.25) is 0 Å². The van der Waals surface area contributed by atoms with Gasteiger partial charge in [-0.3, -0.25) is 4.79 Å². The number of ether oxygens (including phenoxy) is 2. The zero-order valence-electron chi connectivity index (χ0n) is 11.5. The van der Waals surface area contributed by atoms with Crippen molar-refractivity contribution < 1.29 is 14.3 Å². The van der Waals surface area contributed by atoms with Crippen molar-refractivity contribution in [3.8, 4) is 5.75 Å². The summed E-state index contributed by atoms with van der Waals surface area (Å²) in [5.41, 5.74) is 0. The lowest BCUT2D eigenvalue weighted by atomic mass is 10.1. The molecule has 1 aromatic carbocycles. The highest BCUT2D eigenvalue weighted by Crippen LogP contribution is 2.35. The highest BCUT2D eigenvalue weighted by Gasteiger charge is 2.26. The minimum Gasteiger partial charge on any atom is -0.481 e. The standard InChI is InChI=1S/C16H20O3S/c17-13(7-3-5-12-6-4-10-18-12)15-11-20-16-9-2-1-8-14(16)19-15/h1-2,8-9,12,15H,3-7,10-11H2. The van der Waals surface area contributed by atoms with Gasteiger partial charge in [0, 0.05) is 23.7 Å². The van der Waals surface area contributed by atoms with Crippen LogP contribution in [0, 0.1) is 0 Å². The molecule has 1 fully saturated rings. The Hall–Kier alpha value is -1.00. The molecule has 3 nitrogen and oxygen atoms in total. The minimum absolute atomic E-state index is 0.227. The predicted octanol–water partition coefficient (Wildman–Crippen LogP) is 3.46. The number of para-hydroxylation sites is 1. The van der Waals surface area contributed by atoms with Crippen LogP contribution in [0.5, 0.6) is 5.75 Å². The van der Waals surface area contributed by atoms with Crippen molar-refractivity contribution in [2.75, 3.05) is 12.4 Å². The smallest absolute Gasteiger partial charge is 0.174 e. The molecule has 2 heterocycles. The van der Waals surface area contributed by atoms with E-state index < -0.39 is 0 Å². The van der Waals surface area contributed by atoms with E-state index in [1.807, 2.05) is 24.3 Å². The first-order chi connectivity index (χ1) is 9.83. The number of thioether (sulfide) groups is 1. The first-order valence-corrected chi connectivity index (χ1v) is 8.34. The van der Waals surface area contributed by atoms with Crippen LogP contribution in [0.4, 0.5) is 0 Å². The molecule has 2 aliphatic heterocycles. The molecule has 0 radical (unpaired) electrons. The average molecular weight is 292 g/mol. The number of rotatable bonds is 5. The fourth-order valence-corrected chi connectivity index (χ4v) is 3.73. The molecule has 0 aromatic heterocycles. The van der Waals surface area contributed by atoms with Gasteiger partial charge in [0.05, 0.1) is 6.10 Å². The van der Waals surface area contributed by atoms with Gasteiger partial charge in [-0.05, 0) is 37.8 Å². The van der Waals surface area contributed by atoms with Gasteiger partial charge in [-0.25, -0.2) is 0 Å². The van der Waals surface area contributed by atoms with Crippen molar-refractivity contribution in [3.05, 3.63) is 24.3 Å². The Balaban J connectivity index is 1.46. The Morgan fingerprint density at radius 3 is 3.10 bits per heavy atom. The van der Waals surface area contributed by atoms with Gasteiger partial charge in [0.25, 0.3) is 0 Å². The van der Waals surface area contributed by atoms with Crippen molar-refractivity contribution in [2.24, 2.45) is 0 Å². The topological polar surface area (TPSA) is 35.5 Å². The number of fused-ring (bicyclic) bond motifs is 1. The Kier molecular flexibility index (Phi) is 4.63. The van der Waals surface area contributed by atoms with Gasteiger partial charge in [-0.2, -0.15) is 0 Å². The molecule has 0 spiro atoms. The van der Waals surface area contributed by atoms with Gasteiger partial charge >= 0.3 is 0 Å². The zero-order valence-corrected chi connectivity index (χ0v) is 12.4. The van der Waals surface area contributed by atoms with Crippen LogP contribution in [0.25, 0.3) is 0 Å². The molecule has 20 heavy (non-hydrogen) atoms. The summed E-state index contributed by atoms with van der Waals surface area (Å²) in [7, 11) is 0. The van der Waals surface area contributed by atoms with Gasteiger partial charge in [-0.1, -0.05) is 12.1 Å². The van der Waals surface area contributed by atoms with E-state index in [0.29, 0.717) is 12.5 Å². The second-order valence-electron chi connectivity index (χ2n) is 5.36. The first-order valence-electron chi connectivity index (χ1n) is 7.36. The van der Waals surface area contributed by atoms with Crippen molar-refractivity contribution in [2.45, 2.75) is 49.2 Å². The molecular formula is C16H20O3S. The Labute approximate surface area is 124 Å². The van der Waals surface area contributed by atoms with Crippen molar-refractivity contribution in [1.29, 1.82) is 0 Å². The zero-order chi connectivity index (χ0) is 13.8. The number of Topliss-reactive ketones (excluding diaryl/α,β-unsaturated/α-hetero) is 1. The summed E-state index contributed by atoms with van der Waals surface area (Å²) in [6.07, 6.45) is 4.94.